The zero-order valence-corrected chi connectivity index (χ0v) is 18.0. The number of primary amides is 1. The number of imidazole rings is 1. The zero-order chi connectivity index (χ0) is 18.5. The Hall–Kier alpha value is -1.31. The summed E-state index contributed by atoms with van der Waals surface area (Å²) in [5, 5.41) is 3.39. The van der Waals surface area contributed by atoms with Crippen molar-refractivity contribution in [3.63, 3.8) is 0 Å². The quantitative estimate of drug-likeness (QED) is 0.596. The molecule has 1 amide bonds. The molecule has 1 aromatic heterocycles. The molecule has 2 heterocycles. The van der Waals surface area contributed by atoms with Gasteiger partial charge in [0.25, 0.3) is 5.91 Å². The van der Waals surface area contributed by atoms with Crippen molar-refractivity contribution in [1.82, 2.24) is 15.3 Å². The molecule has 7 nitrogen and oxygen atoms in total. The lowest BCUT2D eigenvalue weighted by atomic mass is 9.79. The van der Waals surface area contributed by atoms with Crippen LogP contribution >= 0.6 is 24.8 Å². The number of hydrogen-bond acceptors (Lipinski definition) is 5. The second-order valence-electron chi connectivity index (χ2n) is 7.62. The van der Waals surface area contributed by atoms with Crippen molar-refractivity contribution in [3.8, 4) is 0 Å². The molecule has 0 bridgehead atoms. The number of aryl methyl sites for hydroxylation is 1. The minimum absolute atomic E-state index is 0. The molecule has 2 aliphatic rings. The number of hydrogen-bond donors (Lipinski definition) is 3. The van der Waals surface area contributed by atoms with Gasteiger partial charge in [-0.2, -0.15) is 0 Å². The molecular formula is C19H32Cl2N4O3. The van der Waals surface area contributed by atoms with E-state index in [1.54, 1.807) is 0 Å². The zero-order valence-electron chi connectivity index (χ0n) is 16.4. The van der Waals surface area contributed by atoms with Gasteiger partial charge in [0.05, 0.1) is 18.7 Å². The summed E-state index contributed by atoms with van der Waals surface area (Å²) < 4.78 is 4.87. The Morgan fingerprint density at radius 2 is 1.75 bits per heavy atom. The molecule has 1 aromatic rings. The van der Waals surface area contributed by atoms with E-state index in [2.05, 4.69) is 15.3 Å². The average Bonchev–Trinajstić information content (AvgIpc) is 3.11. The number of rotatable bonds is 6. The Bertz CT molecular complexity index is 639. The Labute approximate surface area is 178 Å². The van der Waals surface area contributed by atoms with E-state index in [9.17, 15) is 9.59 Å². The summed E-state index contributed by atoms with van der Waals surface area (Å²) in [5.74, 6) is 0.624. The van der Waals surface area contributed by atoms with Crippen molar-refractivity contribution in [2.45, 2.75) is 57.3 Å². The van der Waals surface area contributed by atoms with E-state index < -0.39 is 5.91 Å². The second kappa shape index (κ2) is 11.6. The number of nitrogens with one attached hydrogen (secondary N) is 2. The molecule has 1 saturated carbocycles. The van der Waals surface area contributed by atoms with Crippen molar-refractivity contribution < 1.29 is 14.3 Å². The van der Waals surface area contributed by atoms with Gasteiger partial charge in [0, 0.05) is 11.6 Å². The molecule has 1 saturated heterocycles. The molecule has 0 unspecified atom stereocenters. The summed E-state index contributed by atoms with van der Waals surface area (Å²) in [4.78, 5) is 31.0. The van der Waals surface area contributed by atoms with E-state index in [0.717, 1.165) is 68.9 Å². The minimum Gasteiger partial charge on any atom is -0.469 e. The number of aromatic nitrogens is 2. The molecule has 9 heteroatoms. The number of esters is 1. The molecule has 2 fully saturated rings. The van der Waals surface area contributed by atoms with E-state index in [1.807, 2.05) is 0 Å². The first-order valence-electron chi connectivity index (χ1n) is 9.75. The Morgan fingerprint density at radius 1 is 1.11 bits per heavy atom. The number of amides is 1. The highest BCUT2D eigenvalue weighted by molar-refractivity contribution is 5.89. The van der Waals surface area contributed by atoms with Crippen LogP contribution in [0.4, 0.5) is 0 Å². The van der Waals surface area contributed by atoms with Crippen molar-refractivity contribution >= 4 is 36.7 Å². The number of nitrogens with zero attached hydrogens (tertiary/aromatic N) is 1. The van der Waals surface area contributed by atoms with Gasteiger partial charge < -0.3 is 20.8 Å². The van der Waals surface area contributed by atoms with E-state index in [4.69, 9.17) is 10.5 Å². The number of methoxy groups -OCH3 is 1. The SMILES string of the molecule is COC(=O)[C@H]1CC[C@H](c2nc(C(N)=O)[nH]c2CCC2CCNCC2)CC1.Cl.Cl. The van der Waals surface area contributed by atoms with Crippen molar-refractivity contribution in [3.05, 3.63) is 17.2 Å². The largest absolute Gasteiger partial charge is 0.469 e. The predicted octanol–water partition coefficient (Wildman–Crippen LogP) is 2.73. The number of carbonyl (C=O) groups is 2. The van der Waals surface area contributed by atoms with Crippen molar-refractivity contribution in [2.24, 2.45) is 17.6 Å². The highest BCUT2D eigenvalue weighted by Crippen LogP contribution is 2.37. The average molecular weight is 435 g/mol. The Kier molecular flexibility index (Phi) is 10.3. The van der Waals surface area contributed by atoms with Crippen LogP contribution < -0.4 is 11.1 Å². The molecule has 3 rings (SSSR count). The summed E-state index contributed by atoms with van der Waals surface area (Å²) in [6, 6.07) is 0. The van der Waals surface area contributed by atoms with Crippen LogP contribution in [-0.4, -0.2) is 42.0 Å². The topological polar surface area (TPSA) is 110 Å². The van der Waals surface area contributed by atoms with Crippen molar-refractivity contribution in [2.75, 3.05) is 20.2 Å². The highest BCUT2D eigenvalue weighted by atomic mass is 35.5. The van der Waals surface area contributed by atoms with Gasteiger partial charge in [-0.25, -0.2) is 4.98 Å². The van der Waals surface area contributed by atoms with Crippen molar-refractivity contribution in [1.29, 1.82) is 0 Å². The number of piperidine rings is 1. The van der Waals surface area contributed by atoms with Gasteiger partial charge in [-0.3, -0.25) is 9.59 Å². The number of aromatic amines is 1. The molecule has 1 aliphatic heterocycles. The lowest BCUT2D eigenvalue weighted by Gasteiger charge is -2.27. The fourth-order valence-corrected chi connectivity index (χ4v) is 4.36. The fourth-order valence-electron chi connectivity index (χ4n) is 4.36. The summed E-state index contributed by atoms with van der Waals surface area (Å²) >= 11 is 0. The molecule has 160 valence electrons. The number of ether oxygens (including phenoxy) is 1. The maximum absolute atomic E-state index is 11.7. The molecule has 0 aromatic carbocycles. The number of halogens is 2. The summed E-state index contributed by atoms with van der Waals surface area (Å²) in [6.07, 6.45) is 7.82. The van der Waals surface area contributed by atoms with Gasteiger partial charge in [-0.05, 0) is 70.4 Å². The fraction of sp³-hybridized carbons (Fsp3) is 0.737. The number of H-pyrrole nitrogens is 1. The van der Waals surface area contributed by atoms with E-state index in [-0.39, 0.29) is 48.4 Å². The molecule has 0 spiro atoms. The lowest BCUT2D eigenvalue weighted by Crippen LogP contribution is -2.28. The Morgan fingerprint density at radius 3 is 2.32 bits per heavy atom. The van der Waals surface area contributed by atoms with E-state index in [0.29, 0.717) is 0 Å². The van der Waals surface area contributed by atoms with Crippen LogP contribution in [0.2, 0.25) is 0 Å². The van der Waals surface area contributed by atoms with E-state index >= 15 is 0 Å². The highest BCUT2D eigenvalue weighted by Gasteiger charge is 2.31. The third-order valence-electron chi connectivity index (χ3n) is 5.95. The summed E-state index contributed by atoms with van der Waals surface area (Å²) in [6.45, 7) is 2.18. The first kappa shape index (κ1) is 24.7. The van der Waals surface area contributed by atoms with Crippen LogP contribution in [0.3, 0.4) is 0 Å². The van der Waals surface area contributed by atoms with Crippen LogP contribution in [0, 0.1) is 11.8 Å². The first-order chi connectivity index (χ1) is 12.6. The molecule has 0 atom stereocenters. The number of carbonyl (C=O) groups excluding carboxylic acids is 2. The molecular weight excluding hydrogens is 403 g/mol. The van der Waals surface area contributed by atoms with E-state index in [1.165, 1.54) is 20.0 Å². The lowest BCUT2D eigenvalue weighted by molar-refractivity contribution is -0.146. The third kappa shape index (κ3) is 6.09. The van der Waals surface area contributed by atoms with Crippen LogP contribution in [0.5, 0.6) is 0 Å². The monoisotopic (exact) mass is 434 g/mol. The molecule has 4 N–H and O–H groups in total. The Balaban J connectivity index is 0.00000196. The van der Waals surface area contributed by atoms with Crippen LogP contribution in [0.15, 0.2) is 0 Å². The molecule has 1 aliphatic carbocycles. The molecule has 28 heavy (non-hydrogen) atoms. The van der Waals surface area contributed by atoms with Gasteiger partial charge in [-0.15, -0.1) is 24.8 Å². The molecule has 0 radical (unpaired) electrons. The second-order valence-corrected chi connectivity index (χ2v) is 7.62. The maximum atomic E-state index is 11.7. The standard InChI is InChI=1S/C19H30N4O3.2ClH/c1-26-19(25)14-5-3-13(4-6-14)16-15(22-18(23-16)17(20)24)7-2-12-8-10-21-11-9-12;;/h12-14,21H,2-11H2,1H3,(H2,20,24)(H,22,23);2*1H/t13-,14-;;. The predicted molar refractivity (Wildman–Crippen MR) is 112 cm³/mol. The van der Waals surface area contributed by atoms with Crippen LogP contribution in [0.25, 0.3) is 0 Å². The summed E-state index contributed by atoms with van der Waals surface area (Å²) in [7, 11) is 1.44. The maximum Gasteiger partial charge on any atom is 0.308 e. The minimum atomic E-state index is -0.511. The third-order valence-corrected chi connectivity index (χ3v) is 5.95. The van der Waals surface area contributed by atoms with Crippen LogP contribution in [-0.2, 0) is 16.0 Å². The normalized spacial score (nSPS) is 22.6. The first-order valence-corrected chi connectivity index (χ1v) is 9.75. The van der Waals surface area contributed by atoms with Crippen LogP contribution in [0.1, 0.15) is 72.9 Å². The van der Waals surface area contributed by atoms with Gasteiger partial charge in [0.1, 0.15) is 0 Å². The van der Waals surface area contributed by atoms with Gasteiger partial charge >= 0.3 is 5.97 Å². The summed E-state index contributed by atoms with van der Waals surface area (Å²) in [5.41, 5.74) is 7.48. The van der Waals surface area contributed by atoms with Gasteiger partial charge in [0.2, 0.25) is 0 Å². The van der Waals surface area contributed by atoms with Gasteiger partial charge in [-0.1, -0.05) is 0 Å². The van der Waals surface area contributed by atoms with Gasteiger partial charge in [0.15, 0.2) is 5.82 Å². The number of nitrogens with two attached hydrogens (primary N) is 1. The smallest absolute Gasteiger partial charge is 0.308 e.